The van der Waals surface area contributed by atoms with E-state index in [1.165, 1.54) is 23.9 Å². The quantitative estimate of drug-likeness (QED) is 0.476. The smallest absolute Gasteiger partial charge is 0.383 e. The van der Waals surface area contributed by atoms with Gasteiger partial charge in [-0.1, -0.05) is 18.1 Å². The van der Waals surface area contributed by atoms with Gasteiger partial charge in [0.1, 0.15) is 17.1 Å². The standard InChI is InChI=1S/C27H30F3N7O2/c1-3-6-22(38)35-11-4-7-20(8-5-12-35)37-25(31)23(26(32)39)24(34-37)19-14-33-36(16-19)15-18-10-9-17(2)21(13-18)27(28,29)30/h9-10,13-14,16,20H,4-5,7-8,11-12,15,31H2,1-2H3,(H2,32,39). The van der Waals surface area contributed by atoms with E-state index in [1.54, 1.807) is 28.8 Å². The lowest BCUT2D eigenvalue weighted by atomic mass is 10.0. The molecule has 206 valence electrons. The minimum Gasteiger partial charge on any atom is -0.383 e. The van der Waals surface area contributed by atoms with Crippen molar-refractivity contribution in [3.8, 4) is 23.1 Å². The van der Waals surface area contributed by atoms with Crippen LogP contribution in [-0.4, -0.2) is 49.4 Å². The van der Waals surface area contributed by atoms with Gasteiger partial charge in [0.2, 0.25) is 0 Å². The molecule has 1 fully saturated rings. The number of anilines is 1. The molecule has 3 aromatic rings. The molecule has 39 heavy (non-hydrogen) atoms. The average molecular weight is 542 g/mol. The number of aryl methyl sites for hydroxylation is 1. The monoisotopic (exact) mass is 541 g/mol. The summed E-state index contributed by atoms with van der Waals surface area (Å²) in [7, 11) is 0. The Hall–Kier alpha value is -4.27. The first-order valence-electron chi connectivity index (χ1n) is 12.6. The van der Waals surface area contributed by atoms with Gasteiger partial charge >= 0.3 is 6.18 Å². The van der Waals surface area contributed by atoms with E-state index in [1.807, 2.05) is 0 Å². The lowest BCUT2D eigenvalue weighted by molar-refractivity contribution is -0.138. The van der Waals surface area contributed by atoms with Crippen molar-refractivity contribution in [1.82, 2.24) is 24.5 Å². The second-order valence-electron chi connectivity index (χ2n) is 9.60. The minimum absolute atomic E-state index is 0.0707. The van der Waals surface area contributed by atoms with Crippen LogP contribution in [0.5, 0.6) is 0 Å². The van der Waals surface area contributed by atoms with Crippen LogP contribution in [0.1, 0.15) is 65.7 Å². The maximum atomic E-state index is 13.3. The number of nitrogens with two attached hydrogens (primary N) is 2. The van der Waals surface area contributed by atoms with Gasteiger partial charge in [0, 0.05) is 24.8 Å². The number of carbonyl (C=O) groups excluding carboxylic acids is 2. The zero-order valence-corrected chi connectivity index (χ0v) is 21.8. The predicted octanol–water partition coefficient (Wildman–Crippen LogP) is 3.77. The number of aromatic nitrogens is 4. The Kier molecular flexibility index (Phi) is 7.99. The topological polar surface area (TPSA) is 125 Å². The molecule has 0 spiro atoms. The molecule has 2 amide bonds. The first-order chi connectivity index (χ1) is 18.5. The van der Waals surface area contributed by atoms with Crippen molar-refractivity contribution in [3.63, 3.8) is 0 Å². The number of nitrogens with zero attached hydrogens (tertiary/aromatic N) is 5. The van der Waals surface area contributed by atoms with Gasteiger partial charge in [-0.15, -0.1) is 0 Å². The van der Waals surface area contributed by atoms with Crippen LogP contribution >= 0.6 is 0 Å². The number of hydrogen-bond acceptors (Lipinski definition) is 5. The number of carbonyl (C=O) groups is 2. The molecule has 0 aliphatic carbocycles. The molecule has 0 bridgehead atoms. The van der Waals surface area contributed by atoms with E-state index < -0.39 is 17.6 Å². The van der Waals surface area contributed by atoms with Crippen LogP contribution < -0.4 is 11.5 Å². The van der Waals surface area contributed by atoms with Crippen LogP contribution in [0.2, 0.25) is 0 Å². The Bertz CT molecular complexity index is 1440. The molecular weight excluding hydrogens is 511 g/mol. The van der Waals surface area contributed by atoms with Gasteiger partial charge in [-0.3, -0.25) is 14.3 Å². The number of primary amides is 1. The third kappa shape index (κ3) is 6.08. The molecule has 0 unspecified atom stereocenters. The highest BCUT2D eigenvalue weighted by Gasteiger charge is 2.32. The fourth-order valence-corrected chi connectivity index (χ4v) is 4.93. The summed E-state index contributed by atoms with van der Waals surface area (Å²) in [5, 5.41) is 8.91. The largest absolute Gasteiger partial charge is 0.416 e. The normalized spacial score (nSPS) is 14.8. The van der Waals surface area contributed by atoms with Gasteiger partial charge < -0.3 is 16.4 Å². The van der Waals surface area contributed by atoms with Crippen LogP contribution in [0.15, 0.2) is 30.6 Å². The van der Waals surface area contributed by atoms with Crippen molar-refractivity contribution in [1.29, 1.82) is 0 Å². The van der Waals surface area contributed by atoms with E-state index in [-0.39, 0.29) is 41.1 Å². The highest BCUT2D eigenvalue weighted by Crippen LogP contribution is 2.34. The first-order valence-corrected chi connectivity index (χ1v) is 12.6. The fourth-order valence-electron chi connectivity index (χ4n) is 4.93. The fraction of sp³-hybridized carbons (Fsp3) is 0.407. The Morgan fingerprint density at radius 2 is 1.87 bits per heavy atom. The summed E-state index contributed by atoms with van der Waals surface area (Å²) in [6.45, 7) is 4.25. The number of alkyl halides is 3. The molecule has 1 aliphatic heterocycles. The lowest BCUT2D eigenvalue weighted by Crippen LogP contribution is -2.34. The van der Waals surface area contributed by atoms with Gasteiger partial charge in [-0.25, -0.2) is 4.68 Å². The Morgan fingerprint density at radius 1 is 1.18 bits per heavy atom. The molecule has 12 heteroatoms. The third-order valence-electron chi connectivity index (χ3n) is 6.85. The molecule has 0 atom stereocenters. The lowest BCUT2D eigenvalue weighted by Gasteiger charge is -2.27. The summed E-state index contributed by atoms with van der Waals surface area (Å²) in [5.74, 6) is 4.43. The second kappa shape index (κ2) is 11.2. The van der Waals surface area contributed by atoms with Gasteiger partial charge in [0.25, 0.3) is 11.8 Å². The van der Waals surface area contributed by atoms with Gasteiger partial charge in [0.05, 0.1) is 24.3 Å². The van der Waals surface area contributed by atoms with Crippen LogP contribution in [0, 0.1) is 18.8 Å². The van der Waals surface area contributed by atoms with Crippen molar-refractivity contribution in [2.45, 2.75) is 58.3 Å². The Balaban J connectivity index is 1.57. The zero-order valence-electron chi connectivity index (χ0n) is 21.8. The van der Waals surface area contributed by atoms with Crippen LogP contribution in [-0.2, 0) is 17.5 Å². The van der Waals surface area contributed by atoms with E-state index >= 15 is 0 Å². The summed E-state index contributed by atoms with van der Waals surface area (Å²) in [5.41, 5.74) is 12.7. The summed E-state index contributed by atoms with van der Waals surface area (Å²) >= 11 is 0. The molecule has 1 aliphatic rings. The Morgan fingerprint density at radius 3 is 2.49 bits per heavy atom. The molecule has 2 aromatic heterocycles. The summed E-state index contributed by atoms with van der Waals surface area (Å²) in [4.78, 5) is 26.3. The highest BCUT2D eigenvalue weighted by atomic mass is 19.4. The number of halogens is 3. The summed E-state index contributed by atoms with van der Waals surface area (Å²) in [6.07, 6.45) is 1.40. The second-order valence-corrected chi connectivity index (χ2v) is 9.60. The number of likely N-dealkylation sites (tertiary alicyclic amines) is 1. The molecular formula is C27H30F3N7O2. The van der Waals surface area contributed by atoms with E-state index in [0.717, 1.165) is 6.07 Å². The molecule has 1 saturated heterocycles. The maximum Gasteiger partial charge on any atom is 0.416 e. The summed E-state index contributed by atoms with van der Waals surface area (Å²) in [6, 6.07) is 4.05. The van der Waals surface area contributed by atoms with E-state index in [4.69, 9.17) is 11.5 Å². The van der Waals surface area contributed by atoms with E-state index in [2.05, 4.69) is 22.0 Å². The molecule has 0 radical (unpaired) electrons. The summed E-state index contributed by atoms with van der Waals surface area (Å²) < 4.78 is 43.1. The maximum absolute atomic E-state index is 13.3. The number of benzene rings is 1. The van der Waals surface area contributed by atoms with Crippen LogP contribution in [0.25, 0.3) is 11.3 Å². The third-order valence-corrected chi connectivity index (χ3v) is 6.85. The van der Waals surface area contributed by atoms with Gasteiger partial charge in [-0.2, -0.15) is 23.4 Å². The first kappa shape index (κ1) is 27.8. The molecule has 9 nitrogen and oxygen atoms in total. The number of hydrogen-bond donors (Lipinski definition) is 2. The highest BCUT2D eigenvalue weighted by molar-refractivity contribution is 6.03. The van der Waals surface area contributed by atoms with Crippen molar-refractivity contribution >= 4 is 17.6 Å². The zero-order chi connectivity index (χ0) is 28.3. The number of nitrogen functional groups attached to an aromatic ring is 1. The molecule has 1 aromatic carbocycles. The van der Waals surface area contributed by atoms with E-state index in [9.17, 15) is 22.8 Å². The minimum atomic E-state index is -4.45. The van der Waals surface area contributed by atoms with Crippen molar-refractivity contribution in [3.05, 3.63) is 52.8 Å². The molecule has 4 N–H and O–H groups in total. The average Bonchev–Trinajstić information content (AvgIpc) is 3.44. The molecule has 0 saturated carbocycles. The number of amides is 2. The van der Waals surface area contributed by atoms with Crippen LogP contribution in [0.4, 0.5) is 19.0 Å². The molecule has 3 heterocycles. The van der Waals surface area contributed by atoms with Crippen molar-refractivity contribution in [2.75, 3.05) is 18.8 Å². The SMILES string of the molecule is CC#CC(=O)N1CCCC(n2nc(-c3cnn(Cc4ccc(C)c(C(F)(F)F)c4)c3)c(C(N)=O)c2N)CCC1. The predicted molar refractivity (Wildman–Crippen MR) is 139 cm³/mol. The van der Waals surface area contributed by atoms with E-state index in [0.29, 0.717) is 49.9 Å². The van der Waals surface area contributed by atoms with Crippen LogP contribution in [0.3, 0.4) is 0 Å². The Labute approximate surface area is 223 Å². The van der Waals surface area contributed by atoms with Gasteiger partial charge in [-0.05, 0) is 62.6 Å². The van der Waals surface area contributed by atoms with Gasteiger partial charge in [0.15, 0.2) is 0 Å². The molecule has 4 rings (SSSR count). The van der Waals surface area contributed by atoms with Crippen molar-refractivity contribution < 1.29 is 22.8 Å². The number of rotatable bonds is 5. The van der Waals surface area contributed by atoms with Crippen molar-refractivity contribution in [2.24, 2.45) is 5.73 Å².